The average Bonchev–Trinajstić information content (AvgIpc) is 3.41. The Bertz CT molecular complexity index is 1150. The van der Waals surface area contributed by atoms with Crippen molar-refractivity contribution in [1.29, 1.82) is 0 Å². The molecule has 2 aliphatic heterocycles. The van der Waals surface area contributed by atoms with Crippen LogP contribution in [-0.4, -0.2) is 35.3 Å². The van der Waals surface area contributed by atoms with Gasteiger partial charge in [-0.3, -0.25) is 9.69 Å². The Hall–Kier alpha value is -4.00. The second-order valence-corrected chi connectivity index (χ2v) is 7.53. The highest BCUT2D eigenvalue weighted by Gasteiger charge is 2.43. The summed E-state index contributed by atoms with van der Waals surface area (Å²) < 4.78 is 11.3. The van der Waals surface area contributed by atoms with Gasteiger partial charge < -0.3 is 19.4 Å². The largest absolute Gasteiger partial charge is 0.467 e. The Balaban J connectivity index is 1.45. The zero-order chi connectivity index (χ0) is 21.4. The van der Waals surface area contributed by atoms with Crippen LogP contribution in [-0.2, 0) is 11.3 Å². The minimum atomic E-state index is -0.549. The molecule has 2 aliphatic rings. The Kier molecular flexibility index (Phi) is 4.71. The number of amides is 3. The van der Waals surface area contributed by atoms with Gasteiger partial charge in [-0.15, -0.1) is 0 Å². The molecule has 3 amide bonds. The number of nitrogens with one attached hydrogen (secondary N) is 1. The van der Waals surface area contributed by atoms with Gasteiger partial charge >= 0.3 is 6.03 Å². The number of rotatable bonds is 5. The molecule has 31 heavy (non-hydrogen) atoms. The van der Waals surface area contributed by atoms with Crippen LogP contribution in [0.1, 0.15) is 17.4 Å². The van der Waals surface area contributed by atoms with E-state index in [0.29, 0.717) is 41.6 Å². The van der Waals surface area contributed by atoms with Crippen molar-refractivity contribution in [2.45, 2.75) is 12.6 Å². The van der Waals surface area contributed by atoms with Crippen LogP contribution in [0.25, 0.3) is 0 Å². The third-order valence-corrected chi connectivity index (χ3v) is 5.53. The number of likely N-dealkylation sites (N-methyl/N-ethyl adjacent to an activating group) is 1. The molecule has 7 heteroatoms. The van der Waals surface area contributed by atoms with Gasteiger partial charge in [-0.25, -0.2) is 4.79 Å². The van der Waals surface area contributed by atoms with Crippen LogP contribution in [0.2, 0.25) is 0 Å². The Morgan fingerprint density at radius 1 is 1.03 bits per heavy atom. The molecule has 5 rings (SSSR count). The van der Waals surface area contributed by atoms with E-state index < -0.39 is 6.04 Å². The Labute approximate surface area is 179 Å². The van der Waals surface area contributed by atoms with Gasteiger partial charge in [-0.05, 0) is 42.0 Å². The summed E-state index contributed by atoms with van der Waals surface area (Å²) >= 11 is 0. The van der Waals surface area contributed by atoms with Crippen LogP contribution >= 0.6 is 0 Å². The number of ether oxygens (including phenoxy) is 1. The van der Waals surface area contributed by atoms with E-state index in [-0.39, 0.29) is 11.9 Å². The SMILES string of the molecule is CN1C(=O)N[C@@H](c2cccc(Oc3ccccc3)c2)C2=C1CN(Cc1ccco1)C2=O. The summed E-state index contributed by atoms with van der Waals surface area (Å²) in [5, 5.41) is 2.96. The number of furan rings is 1. The summed E-state index contributed by atoms with van der Waals surface area (Å²) in [6.45, 7) is 0.709. The van der Waals surface area contributed by atoms with Crippen molar-refractivity contribution in [3.63, 3.8) is 0 Å². The summed E-state index contributed by atoms with van der Waals surface area (Å²) in [7, 11) is 1.68. The highest BCUT2D eigenvalue weighted by Crippen LogP contribution is 2.37. The molecule has 0 unspecified atom stereocenters. The predicted molar refractivity (Wildman–Crippen MR) is 113 cm³/mol. The van der Waals surface area contributed by atoms with E-state index >= 15 is 0 Å². The quantitative estimate of drug-likeness (QED) is 0.682. The fourth-order valence-corrected chi connectivity index (χ4v) is 3.97. The Morgan fingerprint density at radius 3 is 2.61 bits per heavy atom. The van der Waals surface area contributed by atoms with E-state index in [4.69, 9.17) is 9.15 Å². The van der Waals surface area contributed by atoms with E-state index in [2.05, 4.69) is 5.32 Å². The van der Waals surface area contributed by atoms with Crippen LogP contribution in [0.5, 0.6) is 11.5 Å². The maximum absolute atomic E-state index is 13.3. The normalized spacial score (nSPS) is 18.3. The summed E-state index contributed by atoms with van der Waals surface area (Å²) in [5.74, 6) is 1.94. The molecule has 0 saturated carbocycles. The Morgan fingerprint density at radius 2 is 1.84 bits per heavy atom. The van der Waals surface area contributed by atoms with Crippen molar-refractivity contribution >= 4 is 11.9 Å². The molecule has 0 radical (unpaired) electrons. The first-order valence-corrected chi connectivity index (χ1v) is 10.0. The average molecular weight is 415 g/mol. The van der Waals surface area contributed by atoms with Gasteiger partial charge in [0.1, 0.15) is 17.3 Å². The van der Waals surface area contributed by atoms with E-state index in [9.17, 15) is 9.59 Å². The lowest BCUT2D eigenvalue weighted by atomic mass is 9.95. The fraction of sp³-hybridized carbons (Fsp3) is 0.167. The minimum absolute atomic E-state index is 0.113. The third kappa shape index (κ3) is 3.54. The lowest BCUT2D eigenvalue weighted by Crippen LogP contribution is -2.45. The van der Waals surface area contributed by atoms with Gasteiger partial charge in [0, 0.05) is 7.05 Å². The van der Waals surface area contributed by atoms with Gasteiger partial charge in [0.15, 0.2) is 0 Å². The highest BCUT2D eigenvalue weighted by molar-refractivity contribution is 6.01. The zero-order valence-corrected chi connectivity index (χ0v) is 16.9. The third-order valence-electron chi connectivity index (χ3n) is 5.53. The van der Waals surface area contributed by atoms with Crippen molar-refractivity contribution < 1.29 is 18.7 Å². The van der Waals surface area contributed by atoms with Crippen molar-refractivity contribution in [1.82, 2.24) is 15.1 Å². The maximum atomic E-state index is 13.3. The van der Waals surface area contributed by atoms with E-state index in [1.807, 2.05) is 60.7 Å². The standard InChI is InChI=1S/C24H21N3O4/c1-26-20-15-27(14-19-11-6-12-30-19)23(28)21(20)22(25-24(26)29)16-7-5-10-18(13-16)31-17-8-3-2-4-9-17/h2-13,22H,14-15H2,1H3,(H,25,29)/t22-/m0/s1. The molecule has 3 heterocycles. The summed E-state index contributed by atoms with van der Waals surface area (Å²) in [5.41, 5.74) is 2.07. The van der Waals surface area contributed by atoms with Crippen LogP contribution in [0.4, 0.5) is 4.79 Å². The van der Waals surface area contributed by atoms with Gasteiger partial charge in [-0.1, -0.05) is 30.3 Å². The summed E-state index contributed by atoms with van der Waals surface area (Å²) in [6.07, 6.45) is 1.58. The summed E-state index contributed by atoms with van der Waals surface area (Å²) in [4.78, 5) is 29.1. The molecule has 0 fully saturated rings. The second kappa shape index (κ2) is 7.68. The molecule has 1 atom stereocenters. The molecular weight excluding hydrogens is 394 g/mol. The number of carbonyl (C=O) groups excluding carboxylic acids is 2. The minimum Gasteiger partial charge on any atom is -0.467 e. The molecule has 0 bridgehead atoms. The van der Waals surface area contributed by atoms with E-state index in [1.54, 1.807) is 24.3 Å². The van der Waals surface area contributed by atoms with E-state index in [0.717, 1.165) is 5.56 Å². The topological polar surface area (TPSA) is 75.0 Å². The number of nitrogens with zero attached hydrogens (tertiary/aromatic N) is 2. The van der Waals surface area contributed by atoms with Crippen molar-refractivity contribution in [3.05, 3.63) is 95.6 Å². The first kappa shape index (κ1) is 19.0. The molecule has 0 spiro atoms. The molecule has 3 aromatic rings. The van der Waals surface area contributed by atoms with Crippen molar-refractivity contribution in [2.75, 3.05) is 13.6 Å². The maximum Gasteiger partial charge on any atom is 0.322 e. The number of hydrogen-bond acceptors (Lipinski definition) is 4. The molecule has 1 N–H and O–H groups in total. The molecule has 7 nitrogen and oxygen atoms in total. The van der Waals surface area contributed by atoms with Crippen LogP contribution in [0.15, 0.2) is 88.7 Å². The number of urea groups is 1. The molecule has 0 aliphatic carbocycles. The molecule has 0 saturated heterocycles. The first-order valence-electron chi connectivity index (χ1n) is 10.0. The second-order valence-electron chi connectivity index (χ2n) is 7.53. The molecule has 1 aromatic heterocycles. The lowest BCUT2D eigenvalue weighted by molar-refractivity contribution is -0.126. The smallest absolute Gasteiger partial charge is 0.322 e. The van der Waals surface area contributed by atoms with Crippen LogP contribution in [0, 0.1) is 0 Å². The zero-order valence-electron chi connectivity index (χ0n) is 16.9. The molecule has 2 aromatic carbocycles. The van der Waals surface area contributed by atoms with Crippen LogP contribution in [0.3, 0.4) is 0 Å². The number of hydrogen-bond donors (Lipinski definition) is 1. The molecular formula is C24H21N3O4. The van der Waals surface area contributed by atoms with Crippen molar-refractivity contribution in [2.24, 2.45) is 0 Å². The monoisotopic (exact) mass is 415 g/mol. The predicted octanol–water partition coefficient (Wildman–Crippen LogP) is 4.06. The highest BCUT2D eigenvalue weighted by atomic mass is 16.5. The van der Waals surface area contributed by atoms with Gasteiger partial charge in [0.05, 0.1) is 36.7 Å². The number of carbonyl (C=O) groups is 2. The van der Waals surface area contributed by atoms with E-state index in [1.165, 1.54) is 4.90 Å². The summed E-state index contributed by atoms with van der Waals surface area (Å²) in [6, 6.07) is 19.8. The van der Waals surface area contributed by atoms with Crippen molar-refractivity contribution in [3.8, 4) is 11.5 Å². The lowest BCUT2D eigenvalue weighted by Gasteiger charge is -2.31. The molecule has 156 valence electrons. The van der Waals surface area contributed by atoms with Gasteiger partial charge in [0.2, 0.25) is 0 Å². The van der Waals surface area contributed by atoms with Crippen LogP contribution < -0.4 is 10.1 Å². The number of benzene rings is 2. The van der Waals surface area contributed by atoms with Gasteiger partial charge in [-0.2, -0.15) is 0 Å². The first-order chi connectivity index (χ1) is 15.1. The number of para-hydroxylation sites is 1. The fourth-order valence-electron chi connectivity index (χ4n) is 3.97. The van der Waals surface area contributed by atoms with Gasteiger partial charge in [0.25, 0.3) is 5.91 Å².